The molecule has 138 valence electrons. The van der Waals surface area contributed by atoms with E-state index in [4.69, 9.17) is 11.6 Å². The molecule has 0 fully saturated rings. The summed E-state index contributed by atoms with van der Waals surface area (Å²) in [6, 6.07) is 9.60. The number of nitro benzene ring substituents is 1. The van der Waals surface area contributed by atoms with Crippen LogP contribution < -0.4 is 5.32 Å². The highest BCUT2D eigenvalue weighted by Crippen LogP contribution is 2.23. The number of aromatic nitrogens is 1. The van der Waals surface area contributed by atoms with E-state index < -0.39 is 22.8 Å². The molecule has 0 aliphatic rings. The summed E-state index contributed by atoms with van der Waals surface area (Å²) in [5.41, 5.74) is 1.31. The van der Waals surface area contributed by atoms with Gasteiger partial charge in [-0.05, 0) is 17.7 Å². The maximum Gasteiger partial charge on any atom is 0.326 e. The minimum atomic E-state index is -1.20. The molecule has 1 atom stereocenters. The summed E-state index contributed by atoms with van der Waals surface area (Å²) in [7, 11) is 0. The number of aromatic amines is 1. The fraction of sp³-hybridized carbons (Fsp3) is 0.111. The highest BCUT2D eigenvalue weighted by atomic mass is 35.5. The van der Waals surface area contributed by atoms with Gasteiger partial charge in [-0.3, -0.25) is 14.9 Å². The van der Waals surface area contributed by atoms with Crippen molar-refractivity contribution in [2.75, 3.05) is 0 Å². The van der Waals surface area contributed by atoms with Crippen LogP contribution in [0.4, 0.5) is 5.69 Å². The second kappa shape index (κ2) is 7.46. The van der Waals surface area contributed by atoms with Gasteiger partial charge >= 0.3 is 5.97 Å². The number of hydrogen-bond acceptors (Lipinski definition) is 4. The molecule has 0 saturated carbocycles. The molecule has 3 N–H and O–H groups in total. The first-order valence-electron chi connectivity index (χ1n) is 7.89. The largest absolute Gasteiger partial charge is 0.480 e. The number of carbonyl (C=O) groups excluding carboxylic acids is 1. The van der Waals surface area contributed by atoms with Gasteiger partial charge in [0, 0.05) is 35.7 Å². The lowest BCUT2D eigenvalue weighted by Crippen LogP contribution is -2.42. The third kappa shape index (κ3) is 3.90. The number of nitro groups is 1. The van der Waals surface area contributed by atoms with Crippen molar-refractivity contribution < 1.29 is 19.6 Å². The third-order valence-corrected chi connectivity index (χ3v) is 4.42. The van der Waals surface area contributed by atoms with Gasteiger partial charge in [-0.2, -0.15) is 0 Å². The van der Waals surface area contributed by atoms with Crippen LogP contribution in [0, 0.1) is 10.1 Å². The first-order chi connectivity index (χ1) is 12.9. The topological polar surface area (TPSA) is 125 Å². The molecular weight excluding hydrogens is 374 g/mol. The highest BCUT2D eigenvalue weighted by molar-refractivity contribution is 6.34. The normalized spacial score (nSPS) is 11.9. The van der Waals surface area contributed by atoms with Crippen LogP contribution in [-0.4, -0.2) is 32.9 Å². The van der Waals surface area contributed by atoms with Crippen LogP contribution in [0.15, 0.2) is 48.7 Å². The van der Waals surface area contributed by atoms with Crippen molar-refractivity contribution in [1.82, 2.24) is 10.3 Å². The van der Waals surface area contributed by atoms with Gasteiger partial charge < -0.3 is 15.4 Å². The van der Waals surface area contributed by atoms with Crippen molar-refractivity contribution >= 4 is 40.1 Å². The summed E-state index contributed by atoms with van der Waals surface area (Å²) in [5, 5.41) is 23.4. The zero-order valence-corrected chi connectivity index (χ0v) is 14.6. The fourth-order valence-electron chi connectivity index (χ4n) is 2.76. The van der Waals surface area contributed by atoms with Gasteiger partial charge in [-0.1, -0.05) is 29.8 Å². The summed E-state index contributed by atoms with van der Waals surface area (Å²) in [6.07, 6.45) is 1.77. The van der Waals surface area contributed by atoms with E-state index in [1.54, 1.807) is 6.20 Å². The summed E-state index contributed by atoms with van der Waals surface area (Å²) in [5.74, 6) is -1.92. The third-order valence-electron chi connectivity index (χ3n) is 4.11. The van der Waals surface area contributed by atoms with Crippen molar-refractivity contribution in [2.24, 2.45) is 0 Å². The Kier molecular flexibility index (Phi) is 5.09. The Bertz CT molecular complexity index is 1050. The Hall–Kier alpha value is -3.39. The molecule has 2 aromatic carbocycles. The zero-order chi connectivity index (χ0) is 19.6. The number of non-ortho nitro benzene ring substituents is 1. The van der Waals surface area contributed by atoms with E-state index in [9.17, 15) is 24.8 Å². The van der Waals surface area contributed by atoms with Crippen molar-refractivity contribution in [3.05, 3.63) is 74.9 Å². The molecule has 0 saturated heterocycles. The minimum absolute atomic E-state index is 0.0348. The smallest absolute Gasteiger partial charge is 0.326 e. The van der Waals surface area contributed by atoms with Crippen LogP contribution in [-0.2, 0) is 11.2 Å². The maximum absolute atomic E-state index is 12.4. The molecule has 1 amide bonds. The van der Waals surface area contributed by atoms with E-state index in [0.29, 0.717) is 0 Å². The molecule has 1 aromatic heterocycles. The number of nitrogens with one attached hydrogen (secondary N) is 2. The van der Waals surface area contributed by atoms with E-state index >= 15 is 0 Å². The quantitative estimate of drug-likeness (QED) is 0.442. The van der Waals surface area contributed by atoms with Crippen molar-refractivity contribution in [3.63, 3.8) is 0 Å². The second-order valence-corrected chi connectivity index (χ2v) is 6.26. The van der Waals surface area contributed by atoms with E-state index in [2.05, 4.69) is 10.3 Å². The molecule has 0 aliphatic carbocycles. The average molecular weight is 388 g/mol. The van der Waals surface area contributed by atoms with E-state index in [1.165, 1.54) is 6.07 Å². The van der Waals surface area contributed by atoms with Gasteiger partial charge in [-0.15, -0.1) is 0 Å². The van der Waals surface area contributed by atoms with Gasteiger partial charge in [-0.25, -0.2) is 4.79 Å². The number of amides is 1. The lowest BCUT2D eigenvalue weighted by atomic mass is 10.0. The zero-order valence-electron chi connectivity index (χ0n) is 13.8. The Morgan fingerprint density at radius 3 is 2.67 bits per heavy atom. The number of carboxylic acid groups (broad SMARTS) is 1. The van der Waals surface area contributed by atoms with Crippen LogP contribution in [0.5, 0.6) is 0 Å². The number of rotatable bonds is 6. The number of hydrogen-bond donors (Lipinski definition) is 3. The monoisotopic (exact) mass is 387 g/mol. The van der Waals surface area contributed by atoms with Crippen molar-refractivity contribution in [1.29, 1.82) is 0 Å². The molecule has 1 heterocycles. The number of halogens is 1. The number of para-hydroxylation sites is 1. The SMILES string of the molecule is O=C(N[C@@H](Cc1c[nH]c2ccccc12)C(=O)O)c1ccc([N+](=O)[O-])cc1Cl. The number of benzene rings is 2. The summed E-state index contributed by atoms with van der Waals surface area (Å²) >= 11 is 5.93. The lowest BCUT2D eigenvalue weighted by Gasteiger charge is -2.15. The van der Waals surface area contributed by atoms with E-state index in [1.807, 2.05) is 24.3 Å². The summed E-state index contributed by atoms with van der Waals surface area (Å²) in [4.78, 5) is 37.2. The van der Waals surface area contributed by atoms with Crippen molar-refractivity contribution in [3.8, 4) is 0 Å². The highest BCUT2D eigenvalue weighted by Gasteiger charge is 2.24. The van der Waals surface area contributed by atoms with Gasteiger partial charge in [0.1, 0.15) is 6.04 Å². The van der Waals surface area contributed by atoms with Crippen LogP contribution in [0.25, 0.3) is 10.9 Å². The molecule has 0 aliphatic heterocycles. The molecule has 3 rings (SSSR count). The van der Waals surface area contributed by atoms with Crippen LogP contribution in [0.1, 0.15) is 15.9 Å². The maximum atomic E-state index is 12.4. The number of nitrogens with zero attached hydrogens (tertiary/aromatic N) is 1. The first kappa shape index (κ1) is 18.4. The number of carbonyl (C=O) groups is 2. The van der Waals surface area contributed by atoms with Gasteiger partial charge in [0.25, 0.3) is 11.6 Å². The molecule has 27 heavy (non-hydrogen) atoms. The molecular formula is C18H14ClN3O5. The predicted molar refractivity (Wildman–Crippen MR) is 99.0 cm³/mol. The summed E-state index contributed by atoms with van der Waals surface area (Å²) in [6.45, 7) is 0. The Morgan fingerprint density at radius 2 is 2.00 bits per heavy atom. The average Bonchev–Trinajstić information content (AvgIpc) is 3.03. The van der Waals surface area contributed by atoms with Crippen LogP contribution in [0.3, 0.4) is 0 Å². The first-order valence-corrected chi connectivity index (χ1v) is 8.27. The standard InChI is InChI=1S/C18H14ClN3O5/c19-14-8-11(22(26)27)5-6-13(14)17(23)21-16(18(24)25)7-10-9-20-15-4-2-1-3-12(10)15/h1-6,8-9,16,20H,7H2,(H,21,23)(H,24,25)/t16-/m0/s1. The molecule has 0 bridgehead atoms. The second-order valence-electron chi connectivity index (χ2n) is 5.85. The molecule has 3 aromatic rings. The fourth-order valence-corrected chi connectivity index (χ4v) is 3.02. The van der Waals surface area contributed by atoms with Crippen LogP contribution >= 0.6 is 11.6 Å². The number of aliphatic carboxylic acids is 1. The van der Waals surface area contributed by atoms with Gasteiger partial charge in [0.2, 0.25) is 0 Å². The molecule has 0 unspecified atom stereocenters. The van der Waals surface area contributed by atoms with Crippen molar-refractivity contribution in [2.45, 2.75) is 12.5 Å². The Balaban J connectivity index is 1.81. The van der Waals surface area contributed by atoms with Crippen LogP contribution in [0.2, 0.25) is 5.02 Å². The number of carboxylic acids is 1. The molecule has 9 heteroatoms. The van der Waals surface area contributed by atoms with E-state index in [0.717, 1.165) is 28.6 Å². The predicted octanol–water partition coefficient (Wildman–Crippen LogP) is 3.16. The lowest BCUT2D eigenvalue weighted by molar-refractivity contribution is -0.384. The summed E-state index contributed by atoms with van der Waals surface area (Å²) < 4.78 is 0. The molecule has 8 nitrogen and oxygen atoms in total. The van der Waals surface area contributed by atoms with E-state index in [-0.39, 0.29) is 22.7 Å². The number of H-pyrrole nitrogens is 1. The minimum Gasteiger partial charge on any atom is -0.480 e. The number of fused-ring (bicyclic) bond motifs is 1. The molecule has 0 spiro atoms. The Morgan fingerprint density at radius 1 is 1.26 bits per heavy atom. The van der Waals surface area contributed by atoms with Gasteiger partial charge in [0.15, 0.2) is 0 Å². The molecule has 0 radical (unpaired) electrons. The Labute approximate surface area is 157 Å². The van der Waals surface area contributed by atoms with Gasteiger partial charge in [0.05, 0.1) is 15.5 Å².